The molecule has 0 saturated carbocycles. The van der Waals surface area contributed by atoms with E-state index >= 15 is 0 Å². The number of pyridine rings is 1. The van der Waals surface area contributed by atoms with Crippen LogP contribution in [0.1, 0.15) is 24.3 Å². The maximum absolute atomic E-state index is 12.9. The van der Waals surface area contributed by atoms with Crippen LogP contribution in [0.5, 0.6) is 0 Å². The minimum absolute atomic E-state index is 0.125. The van der Waals surface area contributed by atoms with Crippen molar-refractivity contribution in [1.82, 2.24) is 15.0 Å². The number of rotatable bonds is 5. The topological polar surface area (TPSA) is 64.3 Å². The molecule has 3 rings (SSSR count). The minimum atomic E-state index is -0.125. The number of carbonyl (C=O) groups is 1. The Bertz CT molecular complexity index is 853. The normalized spacial score (nSPS) is 10.9. The monoisotopic (exact) mass is 337 g/mol. The Kier molecular flexibility index (Phi) is 4.61. The number of para-hydroxylation sites is 1. The van der Waals surface area contributed by atoms with Crippen LogP contribution < -0.4 is 10.3 Å². The van der Waals surface area contributed by atoms with E-state index in [9.17, 15) is 4.79 Å². The predicted octanol–water partition coefficient (Wildman–Crippen LogP) is 3.51. The van der Waals surface area contributed by atoms with Gasteiger partial charge in [0, 0.05) is 37.2 Å². The number of hydrogen-bond acceptors (Lipinski definition) is 4. The second-order valence-corrected chi connectivity index (χ2v) is 6.30. The van der Waals surface area contributed by atoms with Gasteiger partial charge in [0.15, 0.2) is 5.82 Å². The molecule has 0 aliphatic rings. The molecule has 2 heterocycles. The van der Waals surface area contributed by atoms with Gasteiger partial charge in [-0.15, -0.1) is 0 Å². The number of amides is 1. The number of nitrogens with one attached hydrogen (secondary N) is 2. The van der Waals surface area contributed by atoms with E-state index in [4.69, 9.17) is 0 Å². The van der Waals surface area contributed by atoms with Crippen LogP contribution in [0.3, 0.4) is 0 Å². The van der Waals surface area contributed by atoms with Gasteiger partial charge in [-0.3, -0.25) is 14.8 Å². The highest BCUT2D eigenvalue weighted by Gasteiger charge is 2.21. The molecule has 1 amide bonds. The third kappa shape index (κ3) is 3.42. The Labute approximate surface area is 147 Å². The van der Waals surface area contributed by atoms with Crippen LogP contribution in [0, 0.1) is 0 Å². The van der Waals surface area contributed by atoms with Crippen molar-refractivity contribution in [3.05, 3.63) is 54.4 Å². The lowest BCUT2D eigenvalue weighted by atomic mass is 10.2. The smallest absolute Gasteiger partial charge is 0.288 e. The summed E-state index contributed by atoms with van der Waals surface area (Å²) in [6.45, 7) is 4.13. The first-order chi connectivity index (χ1) is 12.0. The number of hydrazine groups is 1. The molecule has 25 heavy (non-hydrogen) atoms. The highest BCUT2D eigenvalue weighted by Crippen LogP contribution is 2.24. The molecular formula is C19H23N5O. The van der Waals surface area contributed by atoms with Crippen molar-refractivity contribution < 1.29 is 4.79 Å². The zero-order chi connectivity index (χ0) is 18.0. The molecule has 130 valence electrons. The zero-order valence-electron chi connectivity index (χ0n) is 14.9. The van der Waals surface area contributed by atoms with Crippen LogP contribution in [0.15, 0.2) is 48.7 Å². The van der Waals surface area contributed by atoms with Gasteiger partial charge in [-0.1, -0.05) is 18.2 Å². The highest BCUT2D eigenvalue weighted by molar-refractivity contribution is 5.98. The molecule has 2 aromatic heterocycles. The predicted molar refractivity (Wildman–Crippen MR) is 102 cm³/mol. The average molecular weight is 337 g/mol. The van der Waals surface area contributed by atoms with Gasteiger partial charge in [-0.2, -0.15) is 0 Å². The van der Waals surface area contributed by atoms with Crippen molar-refractivity contribution in [2.24, 2.45) is 0 Å². The number of anilines is 2. The summed E-state index contributed by atoms with van der Waals surface area (Å²) in [4.78, 5) is 20.5. The molecule has 0 saturated heterocycles. The zero-order valence-corrected chi connectivity index (χ0v) is 14.9. The molecule has 0 bridgehead atoms. The molecule has 2 N–H and O–H groups in total. The van der Waals surface area contributed by atoms with Crippen LogP contribution >= 0.6 is 0 Å². The number of hydrogen-bond donors (Lipinski definition) is 2. The van der Waals surface area contributed by atoms with Crippen molar-refractivity contribution in [2.45, 2.75) is 19.9 Å². The number of aromatic amines is 1. The molecule has 0 aliphatic carbocycles. The Morgan fingerprint density at radius 1 is 1.16 bits per heavy atom. The fourth-order valence-electron chi connectivity index (χ4n) is 2.72. The molecule has 0 unspecified atom stereocenters. The van der Waals surface area contributed by atoms with Crippen molar-refractivity contribution in [3.8, 4) is 0 Å². The quantitative estimate of drug-likeness (QED) is 0.699. The van der Waals surface area contributed by atoms with Gasteiger partial charge < -0.3 is 10.3 Å². The summed E-state index contributed by atoms with van der Waals surface area (Å²) < 4.78 is 0. The Morgan fingerprint density at radius 3 is 2.64 bits per heavy atom. The van der Waals surface area contributed by atoms with Crippen LogP contribution in [-0.4, -0.2) is 41.0 Å². The van der Waals surface area contributed by atoms with Gasteiger partial charge in [-0.25, -0.2) is 4.98 Å². The Balaban J connectivity index is 1.87. The van der Waals surface area contributed by atoms with E-state index in [-0.39, 0.29) is 11.9 Å². The molecule has 0 aliphatic heterocycles. The largest absolute Gasteiger partial charge is 0.380 e. The second-order valence-electron chi connectivity index (χ2n) is 6.30. The first-order valence-electron chi connectivity index (χ1n) is 8.28. The van der Waals surface area contributed by atoms with E-state index < -0.39 is 0 Å². The number of fused-ring (bicyclic) bond motifs is 1. The SMILES string of the molecule is CC(C)Nc1cccnc1N(C)N(C)C(=O)c1cc2ccccc2[nH]1. The lowest BCUT2D eigenvalue weighted by Gasteiger charge is -2.30. The Morgan fingerprint density at radius 2 is 1.92 bits per heavy atom. The van der Waals surface area contributed by atoms with Gasteiger partial charge in [0.1, 0.15) is 5.69 Å². The molecular weight excluding hydrogens is 314 g/mol. The molecule has 0 spiro atoms. The average Bonchev–Trinajstić information content (AvgIpc) is 3.04. The van der Waals surface area contributed by atoms with Gasteiger partial charge in [0.2, 0.25) is 0 Å². The van der Waals surface area contributed by atoms with E-state index in [0.717, 1.165) is 16.6 Å². The van der Waals surface area contributed by atoms with Crippen LogP contribution in [0.4, 0.5) is 11.5 Å². The maximum Gasteiger partial charge on any atom is 0.288 e. The molecule has 3 aromatic rings. The molecule has 0 fully saturated rings. The Hall–Kier alpha value is -3.02. The highest BCUT2D eigenvalue weighted by atomic mass is 16.2. The number of carbonyl (C=O) groups excluding carboxylic acids is 1. The summed E-state index contributed by atoms with van der Waals surface area (Å²) in [6, 6.07) is 13.8. The summed E-state index contributed by atoms with van der Waals surface area (Å²) in [5.41, 5.74) is 2.38. The van der Waals surface area contributed by atoms with Crippen LogP contribution in [0.25, 0.3) is 10.9 Å². The van der Waals surface area contributed by atoms with Crippen LogP contribution in [-0.2, 0) is 0 Å². The van der Waals surface area contributed by atoms with E-state index in [0.29, 0.717) is 11.5 Å². The fourth-order valence-corrected chi connectivity index (χ4v) is 2.72. The summed E-state index contributed by atoms with van der Waals surface area (Å²) in [7, 11) is 3.57. The lowest BCUT2D eigenvalue weighted by molar-refractivity contribution is 0.0781. The molecule has 0 radical (unpaired) electrons. The van der Waals surface area contributed by atoms with Gasteiger partial charge in [0.05, 0.1) is 5.69 Å². The van der Waals surface area contributed by atoms with Crippen molar-refractivity contribution in [2.75, 3.05) is 24.4 Å². The lowest BCUT2D eigenvalue weighted by Crippen LogP contribution is -2.42. The molecule has 1 aromatic carbocycles. The third-order valence-corrected chi connectivity index (χ3v) is 4.04. The summed E-state index contributed by atoms with van der Waals surface area (Å²) in [5.74, 6) is 0.572. The van der Waals surface area contributed by atoms with Crippen molar-refractivity contribution in [3.63, 3.8) is 0 Å². The number of aromatic nitrogens is 2. The van der Waals surface area contributed by atoms with Gasteiger partial charge >= 0.3 is 0 Å². The summed E-state index contributed by atoms with van der Waals surface area (Å²) in [6.07, 6.45) is 1.72. The number of H-pyrrole nitrogens is 1. The van der Waals surface area contributed by atoms with Crippen molar-refractivity contribution in [1.29, 1.82) is 0 Å². The van der Waals surface area contributed by atoms with Crippen LogP contribution in [0.2, 0.25) is 0 Å². The summed E-state index contributed by atoms with van der Waals surface area (Å²) in [5, 5.41) is 7.68. The third-order valence-electron chi connectivity index (χ3n) is 4.04. The number of nitrogens with zero attached hydrogens (tertiary/aromatic N) is 3. The first kappa shape index (κ1) is 16.8. The summed E-state index contributed by atoms with van der Waals surface area (Å²) >= 11 is 0. The first-order valence-corrected chi connectivity index (χ1v) is 8.28. The van der Waals surface area contributed by atoms with E-state index in [1.165, 1.54) is 0 Å². The van der Waals surface area contributed by atoms with E-state index in [1.807, 2.05) is 49.5 Å². The fraction of sp³-hybridized carbons (Fsp3) is 0.263. The molecule has 6 heteroatoms. The standard InChI is InChI=1S/C19H23N5O/c1-13(2)21-16-10-7-11-20-18(16)23(3)24(4)19(25)17-12-14-8-5-6-9-15(14)22-17/h5-13,21-22H,1-4H3. The van der Waals surface area contributed by atoms with E-state index in [2.05, 4.69) is 29.1 Å². The van der Waals surface area contributed by atoms with Gasteiger partial charge in [-0.05, 0) is 38.1 Å². The van der Waals surface area contributed by atoms with Crippen molar-refractivity contribution >= 4 is 28.3 Å². The second kappa shape index (κ2) is 6.84. The maximum atomic E-state index is 12.9. The van der Waals surface area contributed by atoms with Gasteiger partial charge in [0.25, 0.3) is 5.91 Å². The number of benzene rings is 1. The minimum Gasteiger partial charge on any atom is -0.380 e. The van der Waals surface area contributed by atoms with E-state index in [1.54, 1.807) is 23.3 Å². The molecule has 0 atom stereocenters. The molecule has 6 nitrogen and oxygen atoms in total.